The molecule has 104 valence electrons. The highest BCUT2D eigenvalue weighted by molar-refractivity contribution is 9.09. The third-order valence-electron chi connectivity index (χ3n) is 2.59. The van der Waals surface area contributed by atoms with Gasteiger partial charge in [0.1, 0.15) is 6.10 Å². The summed E-state index contributed by atoms with van der Waals surface area (Å²) in [5, 5.41) is 28.7. The second-order valence-electron chi connectivity index (χ2n) is 3.90. The summed E-state index contributed by atoms with van der Waals surface area (Å²) in [6.45, 7) is 0. The Labute approximate surface area is 116 Å². The van der Waals surface area contributed by atoms with E-state index < -0.39 is 23.9 Å². The van der Waals surface area contributed by atoms with Crippen LogP contribution in [-0.4, -0.2) is 21.6 Å². The number of nitrogens with zero attached hydrogens (tertiary/aromatic N) is 1. The highest BCUT2D eigenvalue weighted by atomic mass is 79.9. The van der Waals surface area contributed by atoms with E-state index in [2.05, 4.69) is 15.9 Å². The maximum absolute atomic E-state index is 12.5. The quantitative estimate of drug-likeness (QED) is 0.830. The minimum absolute atomic E-state index is 0.0102. The van der Waals surface area contributed by atoms with Crippen LogP contribution < -0.4 is 0 Å². The molecule has 19 heavy (non-hydrogen) atoms. The molecule has 2 unspecified atom stereocenters. The van der Waals surface area contributed by atoms with E-state index in [9.17, 15) is 23.4 Å². The average Bonchev–Trinajstić information content (AvgIpc) is 2.36. The molecule has 0 heterocycles. The third kappa shape index (κ3) is 3.93. The van der Waals surface area contributed by atoms with Gasteiger partial charge >= 0.3 is 6.18 Å². The van der Waals surface area contributed by atoms with Gasteiger partial charge in [-0.3, -0.25) is 0 Å². The molecule has 0 aliphatic heterocycles. The Kier molecular flexibility index (Phi) is 5.35. The van der Waals surface area contributed by atoms with Gasteiger partial charge in [0.15, 0.2) is 0 Å². The monoisotopic (exact) mass is 337 g/mol. The first kappa shape index (κ1) is 16.0. The van der Waals surface area contributed by atoms with E-state index in [4.69, 9.17) is 5.26 Å². The molecule has 0 amide bonds. The fourth-order valence-electron chi connectivity index (χ4n) is 1.56. The molecule has 0 aromatic heterocycles. The number of aliphatic hydroxyl groups excluding tert-OH is 2. The van der Waals surface area contributed by atoms with Gasteiger partial charge in [0.2, 0.25) is 0 Å². The summed E-state index contributed by atoms with van der Waals surface area (Å²) in [5.74, 6) is 0. The molecule has 1 rings (SSSR count). The number of halogens is 4. The number of rotatable bonds is 4. The van der Waals surface area contributed by atoms with Crippen LogP contribution in [-0.2, 0) is 6.18 Å². The Bertz CT molecular complexity index is 485. The van der Waals surface area contributed by atoms with Crippen molar-refractivity contribution >= 4 is 15.9 Å². The fourth-order valence-corrected chi connectivity index (χ4v) is 2.03. The minimum atomic E-state index is -4.55. The van der Waals surface area contributed by atoms with E-state index >= 15 is 0 Å². The van der Waals surface area contributed by atoms with Gasteiger partial charge in [0.25, 0.3) is 0 Å². The molecule has 3 nitrogen and oxygen atoms in total. The Balaban J connectivity index is 3.13. The van der Waals surface area contributed by atoms with Crippen molar-refractivity contribution in [2.45, 2.75) is 24.8 Å². The molecular weight excluding hydrogens is 327 g/mol. The van der Waals surface area contributed by atoms with Crippen molar-refractivity contribution in [1.82, 2.24) is 0 Å². The van der Waals surface area contributed by atoms with Crippen LogP contribution in [0.4, 0.5) is 13.2 Å². The van der Waals surface area contributed by atoms with E-state index in [0.29, 0.717) is 11.4 Å². The largest absolute Gasteiger partial charge is 0.416 e. The van der Waals surface area contributed by atoms with Crippen molar-refractivity contribution in [3.05, 3.63) is 34.9 Å². The Hall–Kier alpha value is -1.10. The van der Waals surface area contributed by atoms with E-state index in [0.717, 1.165) is 12.1 Å². The summed E-state index contributed by atoms with van der Waals surface area (Å²) in [7, 11) is 0. The summed E-state index contributed by atoms with van der Waals surface area (Å²) < 4.78 is 37.5. The number of hydrogen-bond acceptors (Lipinski definition) is 3. The van der Waals surface area contributed by atoms with Crippen LogP contribution >= 0.6 is 15.9 Å². The number of hydrogen-bond donors (Lipinski definition) is 2. The molecule has 0 aliphatic rings. The molecule has 0 aliphatic carbocycles. The lowest BCUT2D eigenvalue weighted by Gasteiger charge is -2.19. The van der Waals surface area contributed by atoms with Crippen LogP contribution in [0.1, 0.15) is 29.2 Å². The first-order valence-electron chi connectivity index (χ1n) is 5.34. The molecule has 0 saturated heterocycles. The van der Waals surface area contributed by atoms with Gasteiger partial charge in [0.05, 0.1) is 23.3 Å². The fraction of sp³-hybridized carbons (Fsp3) is 0.417. The van der Waals surface area contributed by atoms with Gasteiger partial charge in [0, 0.05) is 10.9 Å². The lowest BCUT2D eigenvalue weighted by molar-refractivity contribution is -0.137. The smallest absolute Gasteiger partial charge is 0.390 e. The van der Waals surface area contributed by atoms with Crippen LogP contribution in [0.25, 0.3) is 0 Å². The standard InChI is InChI=1S/C12H11BrF3NO2/c13-4-3-10(18)11(19)9-2-1-8(12(14,15)16)5-7(9)6-17/h1-2,5,10-11,18-19H,3-4H2. The van der Waals surface area contributed by atoms with Gasteiger partial charge in [-0.05, 0) is 18.6 Å². The topological polar surface area (TPSA) is 64.2 Å². The predicted molar refractivity (Wildman–Crippen MR) is 65.5 cm³/mol. The highest BCUT2D eigenvalue weighted by Gasteiger charge is 2.32. The van der Waals surface area contributed by atoms with Crippen molar-refractivity contribution < 1.29 is 23.4 Å². The van der Waals surface area contributed by atoms with Gasteiger partial charge in [-0.25, -0.2) is 0 Å². The predicted octanol–water partition coefficient (Wildman–Crippen LogP) is 2.76. The molecule has 0 radical (unpaired) electrons. The van der Waals surface area contributed by atoms with Gasteiger partial charge < -0.3 is 10.2 Å². The molecular formula is C12H11BrF3NO2. The highest BCUT2D eigenvalue weighted by Crippen LogP contribution is 2.32. The lowest BCUT2D eigenvalue weighted by Crippen LogP contribution is -2.20. The second-order valence-corrected chi connectivity index (χ2v) is 4.69. The van der Waals surface area contributed by atoms with Gasteiger partial charge in [-0.15, -0.1) is 0 Å². The third-order valence-corrected chi connectivity index (χ3v) is 3.05. The molecule has 1 aromatic carbocycles. The molecule has 0 bridgehead atoms. The van der Waals surface area contributed by atoms with E-state index in [1.807, 2.05) is 0 Å². The molecule has 2 N–H and O–H groups in total. The van der Waals surface area contributed by atoms with Crippen molar-refractivity contribution in [2.75, 3.05) is 5.33 Å². The number of alkyl halides is 4. The summed E-state index contributed by atoms with van der Waals surface area (Å²) in [4.78, 5) is 0. The zero-order valence-corrected chi connectivity index (χ0v) is 11.2. The first-order valence-corrected chi connectivity index (χ1v) is 6.46. The Morgan fingerprint density at radius 3 is 2.42 bits per heavy atom. The summed E-state index contributed by atoms with van der Waals surface area (Å²) in [6.07, 6.45) is -6.88. The summed E-state index contributed by atoms with van der Waals surface area (Å²) in [6, 6.07) is 4.06. The molecule has 0 saturated carbocycles. The normalized spacial score (nSPS) is 14.8. The zero-order chi connectivity index (χ0) is 14.6. The average molecular weight is 338 g/mol. The Morgan fingerprint density at radius 2 is 1.95 bits per heavy atom. The van der Waals surface area contributed by atoms with Crippen LogP contribution in [0.5, 0.6) is 0 Å². The maximum Gasteiger partial charge on any atom is 0.416 e. The van der Waals surface area contributed by atoms with E-state index in [-0.39, 0.29) is 17.5 Å². The van der Waals surface area contributed by atoms with Crippen molar-refractivity contribution in [2.24, 2.45) is 0 Å². The maximum atomic E-state index is 12.5. The first-order chi connectivity index (χ1) is 8.81. The zero-order valence-electron chi connectivity index (χ0n) is 9.65. The number of aliphatic hydroxyl groups is 2. The van der Waals surface area contributed by atoms with Crippen molar-refractivity contribution in [1.29, 1.82) is 5.26 Å². The van der Waals surface area contributed by atoms with Gasteiger partial charge in [-0.1, -0.05) is 22.0 Å². The number of nitriles is 1. The molecule has 1 aromatic rings. The van der Waals surface area contributed by atoms with Crippen LogP contribution in [0.2, 0.25) is 0 Å². The summed E-state index contributed by atoms with van der Waals surface area (Å²) >= 11 is 3.08. The van der Waals surface area contributed by atoms with E-state index in [1.165, 1.54) is 0 Å². The SMILES string of the molecule is N#Cc1cc(C(F)(F)F)ccc1C(O)C(O)CCBr. The Morgan fingerprint density at radius 1 is 1.32 bits per heavy atom. The lowest BCUT2D eigenvalue weighted by atomic mass is 9.96. The second kappa shape index (κ2) is 6.37. The van der Waals surface area contributed by atoms with Crippen molar-refractivity contribution in [3.63, 3.8) is 0 Å². The minimum Gasteiger partial charge on any atom is -0.390 e. The molecule has 2 atom stereocenters. The van der Waals surface area contributed by atoms with E-state index in [1.54, 1.807) is 6.07 Å². The molecule has 7 heteroatoms. The van der Waals surface area contributed by atoms with Crippen LogP contribution in [0.3, 0.4) is 0 Å². The van der Waals surface area contributed by atoms with Crippen LogP contribution in [0.15, 0.2) is 18.2 Å². The van der Waals surface area contributed by atoms with Crippen LogP contribution in [0, 0.1) is 11.3 Å². The molecule has 0 spiro atoms. The van der Waals surface area contributed by atoms with Crippen molar-refractivity contribution in [3.8, 4) is 6.07 Å². The number of benzene rings is 1. The van der Waals surface area contributed by atoms with Gasteiger partial charge in [-0.2, -0.15) is 18.4 Å². The summed E-state index contributed by atoms with van der Waals surface area (Å²) in [5.41, 5.74) is -1.27. The molecule has 0 fully saturated rings.